The molecule has 0 unspecified atom stereocenters. The first kappa shape index (κ1) is 16.6. The number of para-hydroxylation sites is 2. The second-order valence-electron chi connectivity index (χ2n) is 5.70. The zero-order valence-corrected chi connectivity index (χ0v) is 15.0. The lowest BCUT2D eigenvalue weighted by Crippen LogP contribution is -2.13. The molecule has 3 aromatic carbocycles. The van der Waals surface area contributed by atoms with Gasteiger partial charge in [0.1, 0.15) is 6.33 Å². The second-order valence-corrected chi connectivity index (χ2v) is 6.52. The molecule has 1 N–H and O–H groups in total. The molecule has 0 atom stereocenters. The number of fused-ring (bicyclic) bond motifs is 1. The Balaban J connectivity index is 1.59. The standard InChI is InChI=1S/C20H13Cl2N3O/c21-15-4-3-5-16(22)19(15)20(26)24-13-8-10-14(11-9-13)25-12-23-17-6-1-2-7-18(17)25/h1-12H,(H,24,26). The van der Waals surface area contributed by atoms with Gasteiger partial charge in [-0.05, 0) is 48.5 Å². The number of carbonyl (C=O) groups is 1. The second kappa shape index (κ2) is 6.83. The minimum atomic E-state index is -0.346. The maximum Gasteiger partial charge on any atom is 0.258 e. The van der Waals surface area contributed by atoms with Crippen LogP contribution in [0.3, 0.4) is 0 Å². The first-order valence-electron chi connectivity index (χ1n) is 7.91. The molecule has 0 radical (unpaired) electrons. The summed E-state index contributed by atoms with van der Waals surface area (Å²) in [5.74, 6) is -0.346. The van der Waals surface area contributed by atoms with E-state index in [9.17, 15) is 4.79 Å². The first-order valence-corrected chi connectivity index (χ1v) is 8.67. The van der Waals surface area contributed by atoms with Gasteiger partial charge in [-0.3, -0.25) is 9.36 Å². The molecule has 0 saturated carbocycles. The van der Waals surface area contributed by atoms with Gasteiger partial charge in [0.05, 0.1) is 26.6 Å². The minimum Gasteiger partial charge on any atom is -0.322 e. The molecule has 26 heavy (non-hydrogen) atoms. The van der Waals surface area contributed by atoms with E-state index >= 15 is 0 Å². The minimum absolute atomic E-state index is 0.264. The fourth-order valence-corrected chi connectivity index (χ4v) is 3.35. The van der Waals surface area contributed by atoms with Crippen molar-refractivity contribution in [3.63, 3.8) is 0 Å². The molecule has 6 heteroatoms. The van der Waals surface area contributed by atoms with Crippen molar-refractivity contribution in [1.29, 1.82) is 0 Å². The van der Waals surface area contributed by atoms with E-state index in [1.807, 2.05) is 53.1 Å². The van der Waals surface area contributed by atoms with Gasteiger partial charge in [0, 0.05) is 11.4 Å². The molecule has 0 fully saturated rings. The Bertz CT molecular complexity index is 1080. The number of rotatable bonds is 3. The van der Waals surface area contributed by atoms with Crippen LogP contribution >= 0.6 is 23.2 Å². The molecule has 0 spiro atoms. The maximum atomic E-state index is 12.4. The van der Waals surface area contributed by atoms with Crippen molar-refractivity contribution < 1.29 is 4.79 Å². The Morgan fingerprint density at radius 3 is 2.31 bits per heavy atom. The summed E-state index contributed by atoms with van der Waals surface area (Å²) in [6, 6.07) is 20.4. The van der Waals surface area contributed by atoms with Gasteiger partial charge in [-0.1, -0.05) is 41.4 Å². The number of hydrogen-bond acceptors (Lipinski definition) is 2. The average molecular weight is 382 g/mol. The molecule has 4 rings (SSSR count). The van der Waals surface area contributed by atoms with Gasteiger partial charge in [-0.25, -0.2) is 4.98 Å². The van der Waals surface area contributed by atoms with Crippen LogP contribution in [0, 0.1) is 0 Å². The van der Waals surface area contributed by atoms with E-state index in [4.69, 9.17) is 23.2 Å². The SMILES string of the molecule is O=C(Nc1ccc(-n2cnc3ccccc32)cc1)c1c(Cl)cccc1Cl. The molecule has 4 nitrogen and oxygen atoms in total. The van der Waals surface area contributed by atoms with Crippen LogP contribution in [0.4, 0.5) is 5.69 Å². The van der Waals surface area contributed by atoms with E-state index in [-0.39, 0.29) is 11.5 Å². The third kappa shape index (κ3) is 3.05. The molecule has 0 bridgehead atoms. The lowest BCUT2D eigenvalue weighted by molar-refractivity contribution is 0.102. The molecule has 0 aliphatic rings. The summed E-state index contributed by atoms with van der Waals surface area (Å²) in [4.78, 5) is 16.8. The van der Waals surface area contributed by atoms with Crippen molar-refractivity contribution in [3.05, 3.63) is 88.7 Å². The van der Waals surface area contributed by atoms with Crippen LogP contribution in [-0.4, -0.2) is 15.5 Å². The van der Waals surface area contributed by atoms with Crippen LogP contribution in [-0.2, 0) is 0 Å². The van der Waals surface area contributed by atoms with Crippen LogP contribution < -0.4 is 5.32 Å². The third-order valence-corrected chi connectivity index (χ3v) is 4.68. The highest BCUT2D eigenvalue weighted by Crippen LogP contribution is 2.26. The number of halogens is 2. The van der Waals surface area contributed by atoms with E-state index in [0.29, 0.717) is 15.7 Å². The van der Waals surface area contributed by atoms with E-state index in [1.54, 1.807) is 24.5 Å². The quantitative estimate of drug-likeness (QED) is 0.503. The number of carbonyl (C=O) groups excluding carboxylic acids is 1. The number of nitrogens with zero attached hydrogens (tertiary/aromatic N) is 2. The molecule has 128 valence electrons. The van der Waals surface area contributed by atoms with Crippen molar-refractivity contribution in [3.8, 4) is 5.69 Å². The third-order valence-electron chi connectivity index (χ3n) is 4.05. The van der Waals surface area contributed by atoms with Gasteiger partial charge in [0.2, 0.25) is 0 Å². The highest BCUT2D eigenvalue weighted by molar-refractivity contribution is 6.40. The van der Waals surface area contributed by atoms with Gasteiger partial charge >= 0.3 is 0 Å². The summed E-state index contributed by atoms with van der Waals surface area (Å²) in [6.07, 6.45) is 1.78. The van der Waals surface area contributed by atoms with Crippen LogP contribution in [0.25, 0.3) is 16.7 Å². The topological polar surface area (TPSA) is 46.9 Å². The van der Waals surface area contributed by atoms with Gasteiger partial charge in [-0.15, -0.1) is 0 Å². The normalized spacial score (nSPS) is 10.8. The van der Waals surface area contributed by atoms with Crippen molar-refractivity contribution in [2.24, 2.45) is 0 Å². The van der Waals surface area contributed by atoms with E-state index in [2.05, 4.69) is 10.3 Å². The molecular weight excluding hydrogens is 369 g/mol. The summed E-state index contributed by atoms with van der Waals surface area (Å²) in [5.41, 5.74) is 3.82. The molecule has 1 aromatic heterocycles. The Morgan fingerprint density at radius 1 is 0.885 bits per heavy atom. The summed E-state index contributed by atoms with van der Waals surface area (Å²) in [6.45, 7) is 0. The smallest absolute Gasteiger partial charge is 0.258 e. The Hall–Kier alpha value is -2.82. The molecular formula is C20H13Cl2N3O. The molecule has 0 aliphatic heterocycles. The summed E-state index contributed by atoms with van der Waals surface area (Å²) in [7, 11) is 0. The number of imidazole rings is 1. The van der Waals surface area contributed by atoms with Gasteiger partial charge < -0.3 is 5.32 Å². The van der Waals surface area contributed by atoms with Crippen molar-refractivity contribution in [2.45, 2.75) is 0 Å². The van der Waals surface area contributed by atoms with Gasteiger partial charge in [0.15, 0.2) is 0 Å². The number of anilines is 1. The Morgan fingerprint density at radius 2 is 1.58 bits per heavy atom. The molecule has 4 aromatic rings. The highest BCUT2D eigenvalue weighted by atomic mass is 35.5. The fourth-order valence-electron chi connectivity index (χ4n) is 2.78. The summed E-state index contributed by atoms with van der Waals surface area (Å²) < 4.78 is 1.99. The number of hydrogen-bond donors (Lipinski definition) is 1. The molecule has 0 aliphatic carbocycles. The van der Waals surface area contributed by atoms with Crippen molar-refractivity contribution in [1.82, 2.24) is 9.55 Å². The van der Waals surface area contributed by atoms with Crippen LogP contribution in [0.1, 0.15) is 10.4 Å². The zero-order chi connectivity index (χ0) is 18.1. The number of amides is 1. The molecule has 1 amide bonds. The van der Waals surface area contributed by atoms with Gasteiger partial charge in [0.25, 0.3) is 5.91 Å². The van der Waals surface area contributed by atoms with Crippen LogP contribution in [0.15, 0.2) is 73.1 Å². The van der Waals surface area contributed by atoms with Crippen molar-refractivity contribution in [2.75, 3.05) is 5.32 Å². The number of aromatic nitrogens is 2. The lowest BCUT2D eigenvalue weighted by Gasteiger charge is -2.10. The zero-order valence-electron chi connectivity index (χ0n) is 13.5. The van der Waals surface area contributed by atoms with E-state index in [0.717, 1.165) is 16.7 Å². The fraction of sp³-hybridized carbons (Fsp3) is 0. The maximum absolute atomic E-state index is 12.4. The number of nitrogens with one attached hydrogen (secondary N) is 1. The Kier molecular flexibility index (Phi) is 4.37. The van der Waals surface area contributed by atoms with Crippen molar-refractivity contribution >= 4 is 45.8 Å². The highest BCUT2D eigenvalue weighted by Gasteiger charge is 2.14. The van der Waals surface area contributed by atoms with Gasteiger partial charge in [-0.2, -0.15) is 0 Å². The summed E-state index contributed by atoms with van der Waals surface area (Å²) in [5, 5.41) is 3.45. The monoisotopic (exact) mass is 381 g/mol. The predicted molar refractivity (Wildman–Crippen MR) is 105 cm³/mol. The Labute approximate surface area is 160 Å². The first-order chi connectivity index (χ1) is 12.6. The largest absolute Gasteiger partial charge is 0.322 e. The summed E-state index contributed by atoms with van der Waals surface area (Å²) >= 11 is 12.2. The predicted octanol–water partition coefficient (Wildman–Crippen LogP) is 5.58. The van der Waals surface area contributed by atoms with Crippen LogP contribution in [0.2, 0.25) is 10.0 Å². The molecule has 1 heterocycles. The van der Waals surface area contributed by atoms with E-state index in [1.165, 1.54) is 0 Å². The number of benzene rings is 3. The average Bonchev–Trinajstić information content (AvgIpc) is 3.06. The van der Waals surface area contributed by atoms with Crippen LogP contribution in [0.5, 0.6) is 0 Å². The van der Waals surface area contributed by atoms with E-state index < -0.39 is 0 Å². The molecule has 0 saturated heterocycles. The lowest BCUT2D eigenvalue weighted by atomic mass is 10.2.